The minimum absolute atomic E-state index is 0.195. The highest BCUT2D eigenvalue weighted by Crippen LogP contribution is 2.28. The van der Waals surface area contributed by atoms with Crippen LogP contribution in [0.4, 0.5) is 0 Å². The van der Waals surface area contributed by atoms with Crippen LogP contribution in [0.3, 0.4) is 0 Å². The summed E-state index contributed by atoms with van der Waals surface area (Å²) in [4.78, 5) is 23.6. The Hall–Kier alpha value is -1.84. The van der Waals surface area contributed by atoms with E-state index in [0.29, 0.717) is 6.42 Å². The van der Waals surface area contributed by atoms with E-state index in [2.05, 4.69) is 17.4 Å². The average Bonchev–Trinajstić information content (AvgIpc) is 3.28. The number of carboxylic acid groups (broad SMARTS) is 1. The van der Waals surface area contributed by atoms with Crippen molar-refractivity contribution in [2.45, 2.75) is 51.5 Å². The average molecular weight is 289 g/mol. The van der Waals surface area contributed by atoms with Crippen molar-refractivity contribution in [3.05, 3.63) is 35.9 Å². The molecule has 0 aromatic heterocycles. The van der Waals surface area contributed by atoms with E-state index in [9.17, 15) is 14.7 Å². The van der Waals surface area contributed by atoms with Crippen molar-refractivity contribution in [2.75, 3.05) is 0 Å². The van der Waals surface area contributed by atoms with Crippen molar-refractivity contribution in [3.8, 4) is 0 Å². The molecule has 21 heavy (non-hydrogen) atoms. The number of carbonyl (C=O) groups is 2. The molecule has 0 bridgehead atoms. The molecule has 1 aliphatic rings. The zero-order chi connectivity index (χ0) is 15.3. The van der Waals surface area contributed by atoms with Crippen LogP contribution in [0.15, 0.2) is 30.3 Å². The Morgan fingerprint density at radius 1 is 1.24 bits per heavy atom. The first-order chi connectivity index (χ1) is 10.0. The van der Waals surface area contributed by atoms with E-state index < -0.39 is 11.4 Å². The second-order valence-corrected chi connectivity index (χ2v) is 6.08. The molecule has 0 aliphatic heterocycles. The van der Waals surface area contributed by atoms with Crippen LogP contribution in [0.5, 0.6) is 0 Å². The summed E-state index contributed by atoms with van der Waals surface area (Å²) in [5, 5.41) is 12.2. The van der Waals surface area contributed by atoms with Crippen molar-refractivity contribution < 1.29 is 14.7 Å². The number of hydrogen-bond acceptors (Lipinski definition) is 2. The second kappa shape index (κ2) is 6.74. The summed E-state index contributed by atoms with van der Waals surface area (Å²) in [5.74, 6) is -1.36. The number of amides is 1. The van der Waals surface area contributed by atoms with Gasteiger partial charge in [0, 0.05) is 6.04 Å². The number of benzene rings is 1. The van der Waals surface area contributed by atoms with Gasteiger partial charge in [-0.25, -0.2) is 0 Å². The Bertz CT molecular complexity index is 496. The predicted molar refractivity (Wildman–Crippen MR) is 80.9 cm³/mol. The van der Waals surface area contributed by atoms with E-state index in [0.717, 1.165) is 32.1 Å². The quantitative estimate of drug-likeness (QED) is 0.571. The lowest BCUT2D eigenvalue weighted by Crippen LogP contribution is -2.45. The highest BCUT2D eigenvalue weighted by Gasteiger charge is 2.42. The smallest absolute Gasteiger partial charge is 0.318 e. The number of aryl methyl sites for hydroxylation is 1. The lowest BCUT2D eigenvalue weighted by Gasteiger charge is -2.23. The van der Waals surface area contributed by atoms with Gasteiger partial charge < -0.3 is 10.4 Å². The van der Waals surface area contributed by atoms with E-state index in [1.807, 2.05) is 18.2 Å². The lowest BCUT2D eigenvalue weighted by molar-refractivity contribution is -0.155. The number of carboxylic acids is 1. The van der Waals surface area contributed by atoms with Gasteiger partial charge in [0.25, 0.3) is 0 Å². The molecule has 1 unspecified atom stereocenters. The summed E-state index contributed by atoms with van der Waals surface area (Å²) in [5.41, 5.74) is -0.0591. The Kier molecular flexibility index (Phi) is 4.99. The van der Waals surface area contributed by atoms with E-state index in [4.69, 9.17) is 0 Å². The molecule has 1 fully saturated rings. The van der Waals surface area contributed by atoms with Crippen molar-refractivity contribution in [1.82, 2.24) is 5.32 Å². The Morgan fingerprint density at radius 3 is 2.48 bits per heavy atom. The highest BCUT2D eigenvalue weighted by molar-refractivity contribution is 6.01. The van der Waals surface area contributed by atoms with E-state index in [-0.39, 0.29) is 11.9 Å². The predicted octanol–water partition coefficient (Wildman–Crippen LogP) is 2.77. The molecule has 0 radical (unpaired) electrons. The van der Waals surface area contributed by atoms with Crippen LogP contribution in [0.25, 0.3) is 0 Å². The molecule has 4 nitrogen and oxygen atoms in total. The summed E-state index contributed by atoms with van der Waals surface area (Å²) < 4.78 is 0. The molecule has 0 heterocycles. The Morgan fingerprint density at radius 2 is 1.90 bits per heavy atom. The molecule has 2 N–H and O–H groups in total. The fourth-order valence-electron chi connectivity index (χ4n) is 2.34. The van der Waals surface area contributed by atoms with Crippen LogP contribution in [0.2, 0.25) is 0 Å². The number of carbonyl (C=O) groups excluding carboxylic acids is 1. The van der Waals surface area contributed by atoms with Gasteiger partial charge in [-0.15, -0.1) is 0 Å². The number of hydrogen-bond donors (Lipinski definition) is 2. The van der Waals surface area contributed by atoms with Crippen molar-refractivity contribution >= 4 is 11.9 Å². The molecule has 1 aliphatic carbocycles. The maximum Gasteiger partial charge on any atom is 0.318 e. The van der Waals surface area contributed by atoms with Gasteiger partial charge in [0.2, 0.25) is 5.91 Å². The summed E-state index contributed by atoms with van der Waals surface area (Å²) in [6.07, 6.45) is 4.86. The SMILES string of the molecule is CC(CCCCc1ccccc1)(C(=O)O)C(=O)NC1CC1. The summed E-state index contributed by atoms with van der Waals surface area (Å²) in [6.45, 7) is 1.54. The van der Waals surface area contributed by atoms with E-state index in [1.54, 1.807) is 0 Å². The van der Waals surface area contributed by atoms with Crippen LogP contribution in [0, 0.1) is 5.41 Å². The molecule has 1 aromatic rings. The number of nitrogens with one attached hydrogen (secondary N) is 1. The molecule has 1 atom stereocenters. The van der Waals surface area contributed by atoms with Gasteiger partial charge in [0.05, 0.1) is 0 Å². The fourth-order valence-corrected chi connectivity index (χ4v) is 2.34. The van der Waals surface area contributed by atoms with Gasteiger partial charge in [-0.2, -0.15) is 0 Å². The third-order valence-corrected chi connectivity index (χ3v) is 4.12. The van der Waals surface area contributed by atoms with Gasteiger partial charge in [-0.05, 0) is 44.6 Å². The van der Waals surface area contributed by atoms with Gasteiger partial charge in [0.15, 0.2) is 0 Å². The molecule has 1 saturated carbocycles. The Labute approximate surface area is 125 Å². The Balaban J connectivity index is 1.81. The van der Waals surface area contributed by atoms with Crippen molar-refractivity contribution in [3.63, 3.8) is 0 Å². The van der Waals surface area contributed by atoms with E-state index in [1.165, 1.54) is 12.5 Å². The molecule has 2 rings (SSSR count). The van der Waals surface area contributed by atoms with E-state index >= 15 is 0 Å². The summed E-state index contributed by atoms with van der Waals surface area (Å²) >= 11 is 0. The molecule has 1 amide bonds. The van der Waals surface area contributed by atoms with Gasteiger partial charge >= 0.3 is 5.97 Å². The maximum absolute atomic E-state index is 12.1. The molecule has 1 aromatic carbocycles. The third-order valence-electron chi connectivity index (χ3n) is 4.12. The minimum Gasteiger partial charge on any atom is -0.480 e. The fraction of sp³-hybridized carbons (Fsp3) is 0.529. The van der Waals surface area contributed by atoms with Crippen molar-refractivity contribution in [2.24, 2.45) is 5.41 Å². The van der Waals surface area contributed by atoms with Crippen LogP contribution in [-0.4, -0.2) is 23.0 Å². The zero-order valence-electron chi connectivity index (χ0n) is 12.5. The highest BCUT2D eigenvalue weighted by atomic mass is 16.4. The molecular formula is C17H23NO3. The van der Waals surface area contributed by atoms with Crippen LogP contribution >= 0.6 is 0 Å². The monoisotopic (exact) mass is 289 g/mol. The second-order valence-electron chi connectivity index (χ2n) is 6.08. The minimum atomic E-state index is -1.31. The first-order valence-electron chi connectivity index (χ1n) is 7.60. The molecule has 114 valence electrons. The molecule has 0 saturated heterocycles. The topological polar surface area (TPSA) is 66.4 Å². The molecule has 0 spiro atoms. The number of rotatable bonds is 8. The summed E-state index contributed by atoms with van der Waals surface area (Å²) in [6, 6.07) is 10.3. The zero-order valence-corrected chi connectivity index (χ0v) is 12.5. The van der Waals surface area contributed by atoms with Gasteiger partial charge in [-0.3, -0.25) is 9.59 Å². The first kappa shape index (κ1) is 15.5. The largest absolute Gasteiger partial charge is 0.480 e. The lowest BCUT2D eigenvalue weighted by atomic mass is 9.83. The third kappa shape index (κ3) is 4.31. The number of aliphatic carboxylic acids is 1. The van der Waals surface area contributed by atoms with Gasteiger partial charge in [0.1, 0.15) is 5.41 Å². The van der Waals surface area contributed by atoms with Crippen LogP contribution in [0.1, 0.15) is 44.6 Å². The molecule has 4 heteroatoms. The summed E-state index contributed by atoms with van der Waals surface area (Å²) in [7, 11) is 0. The van der Waals surface area contributed by atoms with Crippen LogP contribution < -0.4 is 5.32 Å². The van der Waals surface area contributed by atoms with Gasteiger partial charge in [-0.1, -0.05) is 36.8 Å². The first-order valence-corrected chi connectivity index (χ1v) is 7.60. The standard InChI is InChI=1S/C17H23NO3/c1-17(16(20)21,15(19)18-14-10-11-14)12-6-5-9-13-7-3-2-4-8-13/h2-4,7-8,14H,5-6,9-12H2,1H3,(H,18,19)(H,20,21). The molecular weight excluding hydrogens is 266 g/mol. The maximum atomic E-state index is 12.1. The van der Waals surface area contributed by atoms with Crippen LogP contribution in [-0.2, 0) is 16.0 Å². The van der Waals surface area contributed by atoms with Crippen molar-refractivity contribution in [1.29, 1.82) is 0 Å². The number of unbranched alkanes of at least 4 members (excludes halogenated alkanes) is 1. The normalized spacial score (nSPS) is 17.0.